The molecule has 0 aromatic heterocycles. The van der Waals surface area contributed by atoms with Gasteiger partial charge in [-0.1, -0.05) is 18.2 Å². The molecule has 0 spiro atoms. The molecule has 1 aromatic rings. The minimum absolute atomic E-state index is 0.1000. The van der Waals surface area contributed by atoms with Gasteiger partial charge in [-0.15, -0.1) is 0 Å². The number of nitrogens with zero attached hydrogens (tertiary/aromatic N) is 1. The van der Waals surface area contributed by atoms with E-state index in [9.17, 15) is 4.79 Å². The molecule has 0 N–H and O–H groups in total. The predicted molar refractivity (Wildman–Crippen MR) is 64.4 cm³/mol. The van der Waals surface area contributed by atoms with Gasteiger partial charge in [-0.25, -0.2) is 0 Å². The summed E-state index contributed by atoms with van der Waals surface area (Å²) < 4.78 is 11.1. The molecule has 1 amide bonds. The van der Waals surface area contributed by atoms with Crippen molar-refractivity contribution in [2.45, 2.75) is 25.9 Å². The zero-order chi connectivity index (χ0) is 12.3. The molecule has 18 heavy (non-hydrogen) atoms. The first kappa shape index (κ1) is 10.3. The van der Waals surface area contributed by atoms with Crippen molar-refractivity contribution in [2.24, 2.45) is 0 Å². The van der Waals surface area contributed by atoms with Crippen LogP contribution in [0, 0.1) is 0 Å². The fourth-order valence-electron chi connectivity index (χ4n) is 2.93. The Hall–Kier alpha value is -1.65. The van der Waals surface area contributed by atoms with E-state index >= 15 is 0 Å². The van der Waals surface area contributed by atoms with Gasteiger partial charge >= 0.3 is 0 Å². The van der Waals surface area contributed by atoms with Gasteiger partial charge in [-0.3, -0.25) is 4.79 Å². The van der Waals surface area contributed by atoms with Gasteiger partial charge in [0.25, 0.3) is 5.91 Å². The molecular formula is C14H13NO3. The van der Waals surface area contributed by atoms with Crippen LogP contribution in [0.15, 0.2) is 29.8 Å². The fourth-order valence-corrected chi connectivity index (χ4v) is 2.93. The number of hydrogen-bond acceptors (Lipinski definition) is 3. The van der Waals surface area contributed by atoms with E-state index in [1.54, 1.807) is 0 Å². The van der Waals surface area contributed by atoms with Gasteiger partial charge in [0.1, 0.15) is 0 Å². The smallest absolute Gasteiger partial charge is 0.258 e. The molecule has 4 nitrogen and oxygen atoms in total. The lowest BCUT2D eigenvalue weighted by atomic mass is 10.0. The second-order valence-electron chi connectivity index (χ2n) is 4.80. The number of fused-ring (bicyclic) bond motifs is 3. The largest absolute Gasteiger partial charge is 0.320 e. The van der Waals surface area contributed by atoms with Crippen LogP contribution >= 0.6 is 0 Å². The van der Waals surface area contributed by atoms with Crippen molar-refractivity contribution >= 4 is 11.6 Å². The Labute approximate surface area is 105 Å². The second kappa shape index (κ2) is 3.43. The van der Waals surface area contributed by atoms with Gasteiger partial charge in [0.2, 0.25) is 0 Å². The molecule has 0 bridgehead atoms. The number of benzene rings is 1. The standard InChI is InChI=1S/C14H13NO3/c1-8-17-14(18-8)11-6-7-15-12(11)9-4-2-3-5-10(9)13(15)16/h2-5,8,14H,6-7H2,1H3. The zero-order valence-electron chi connectivity index (χ0n) is 10.1. The van der Waals surface area contributed by atoms with Crippen molar-refractivity contribution in [3.63, 3.8) is 0 Å². The number of rotatable bonds is 1. The Morgan fingerprint density at radius 2 is 1.94 bits per heavy atom. The molecule has 3 aliphatic heterocycles. The molecule has 3 aliphatic rings. The highest BCUT2D eigenvalue weighted by molar-refractivity contribution is 6.10. The van der Waals surface area contributed by atoms with E-state index in [1.165, 1.54) is 0 Å². The van der Waals surface area contributed by atoms with Crippen molar-refractivity contribution in [2.75, 3.05) is 6.54 Å². The van der Waals surface area contributed by atoms with Crippen LogP contribution in [-0.4, -0.2) is 29.9 Å². The van der Waals surface area contributed by atoms with Crippen LogP contribution in [0.25, 0.3) is 5.70 Å². The minimum atomic E-state index is -0.265. The Morgan fingerprint density at radius 1 is 1.22 bits per heavy atom. The third kappa shape index (κ3) is 1.19. The molecule has 0 unspecified atom stereocenters. The van der Waals surface area contributed by atoms with E-state index in [2.05, 4.69) is 0 Å². The van der Waals surface area contributed by atoms with Crippen LogP contribution in [0.3, 0.4) is 0 Å². The van der Waals surface area contributed by atoms with Crippen LogP contribution in [0.1, 0.15) is 29.3 Å². The summed E-state index contributed by atoms with van der Waals surface area (Å²) >= 11 is 0. The molecule has 0 atom stereocenters. The van der Waals surface area contributed by atoms with Crippen molar-refractivity contribution in [3.05, 3.63) is 41.0 Å². The molecule has 1 fully saturated rings. The maximum absolute atomic E-state index is 12.2. The minimum Gasteiger partial charge on any atom is -0.320 e. The molecule has 0 saturated carbocycles. The molecule has 3 heterocycles. The van der Waals surface area contributed by atoms with Crippen LogP contribution in [-0.2, 0) is 9.47 Å². The monoisotopic (exact) mass is 243 g/mol. The van der Waals surface area contributed by atoms with E-state index in [4.69, 9.17) is 9.47 Å². The maximum atomic E-state index is 12.2. The highest BCUT2D eigenvalue weighted by Crippen LogP contribution is 2.43. The lowest BCUT2D eigenvalue weighted by molar-refractivity contribution is -0.359. The van der Waals surface area contributed by atoms with Crippen molar-refractivity contribution in [1.82, 2.24) is 4.90 Å². The Kier molecular flexibility index (Phi) is 1.96. The van der Waals surface area contributed by atoms with Gasteiger partial charge < -0.3 is 14.4 Å². The molecular weight excluding hydrogens is 230 g/mol. The van der Waals surface area contributed by atoms with Gasteiger partial charge in [0.15, 0.2) is 12.6 Å². The first-order valence-corrected chi connectivity index (χ1v) is 6.21. The zero-order valence-corrected chi connectivity index (χ0v) is 10.1. The van der Waals surface area contributed by atoms with Crippen molar-refractivity contribution in [1.29, 1.82) is 0 Å². The Balaban J connectivity index is 1.84. The van der Waals surface area contributed by atoms with E-state index in [0.29, 0.717) is 0 Å². The number of ether oxygens (including phenoxy) is 2. The lowest BCUT2D eigenvalue weighted by Gasteiger charge is -2.34. The molecule has 1 aromatic carbocycles. The van der Waals surface area contributed by atoms with Gasteiger partial charge in [-0.2, -0.15) is 0 Å². The normalized spacial score (nSPS) is 29.4. The summed E-state index contributed by atoms with van der Waals surface area (Å²) in [4.78, 5) is 14.1. The summed E-state index contributed by atoms with van der Waals surface area (Å²) in [5, 5.41) is 0. The van der Waals surface area contributed by atoms with Crippen LogP contribution < -0.4 is 0 Å². The van der Waals surface area contributed by atoms with Crippen LogP contribution in [0.4, 0.5) is 0 Å². The fraction of sp³-hybridized carbons (Fsp3) is 0.357. The maximum Gasteiger partial charge on any atom is 0.258 e. The quantitative estimate of drug-likeness (QED) is 0.757. The lowest BCUT2D eigenvalue weighted by Crippen LogP contribution is -2.40. The Bertz CT molecular complexity index is 572. The number of amides is 1. The molecule has 1 saturated heterocycles. The summed E-state index contributed by atoms with van der Waals surface area (Å²) in [7, 11) is 0. The van der Waals surface area contributed by atoms with Crippen LogP contribution in [0.5, 0.6) is 0 Å². The topological polar surface area (TPSA) is 38.8 Å². The number of carbonyl (C=O) groups excluding carboxylic acids is 1. The third-order valence-corrected chi connectivity index (χ3v) is 3.75. The molecule has 92 valence electrons. The highest BCUT2D eigenvalue weighted by Gasteiger charge is 2.43. The molecule has 4 heteroatoms. The van der Waals surface area contributed by atoms with Crippen molar-refractivity contribution in [3.8, 4) is 0 Å². The van der Waals surface area contributed by atoms with E-state index in [1.807, 2.05) is 36.1 Å². The third-order valence-electron chi connectivity index (χ3n) is 3.75. The summed E-state index contributed by atoms with van der Waals surface area (Å²) in [5.74, 6) is 0.1000. The average molecular weight is 243 g/mol. The van der Waals surface area contributed by atoms with Crippen LogP contribution in [0.2, 0.25) is 0 Å². The summed E-state index contributed by atoms with van der Waals surface area (Å²) in [5.41, 5.74) is 3.91. The molecule has 4 rings (SSSR count). The van der Waals surface area contributed by atoms with E-state index in [-0.39, 0.29) is 18.5 Å². The van der Waals surface area contributed by atoms with Crippen molar-refractivity contribution < 1.29 is 14.3 Å². The average Bonchev–Trinajstić information content (AvgIpc) is 2.88. The molecule has 0 radical (unpaired) electrons. The highest BCUT2D eigenvalue weighted by atomic mass is 16.9. The van der Waals surface area contributed by atoms with Gasteiger partial charge in [0.05, 0.1) is 5.70 Å². The first-order valence-electron chi connectivity index (χ1n) is 6.21. The summed E-state index contributed by atoms with van der Waals surface area (Å²) in [6.07, 6.45) is 0.440. The van der Waals surface area contributed by atoms with E-state index < -0.39 is 0 Å². The summed E-state index contributed by atoms with van der Waals surface area (Å²) in [6.45, 7) is 2.61. The number of hydrogen-bond donors (Lipinski definition) is 0. The Morgan fingerprint density at radius 3 is 2.67 bits per heavy atom. The van der Waals surface area contributed by atoms with E-state index in [0.717, 1.165) is 35.4 Å². The predicted octanol–water partition coefficient (Wildman–Crippen LogP) is 1.98. The van der Waals surface area contributed by atoms with Gasteiger partial charge in [-0.05, 0) is 19.4 Å². The second-order valence-corrected chi connectivity index (χ2v) is 4.80. The summed E-state index contributed by atoms with van der Waals surface area (Å²) in [6, 6.07) is 7.74. The molecule has 0 aliphatic carbocycles. The van der Waals surface area contributed by atoms with Gasteiger partial charge in [0, 0.05) is 23.2 Å². The first-order chi connectivity index (χ1) is 8.75. The SMILES string of the molecule is CC1OC(C2=C3c4ccccc4C(=O)N3CC2)O1. The number of carbonyl (C=O) groups is 1.